The Morgan fingerprint density at radius 3 is 2.39 bits per heavy atom. The molecule has 0 heterocycles. The normalized spacial score (nSPS) is 34.2. The van der Waals surface area contributed by atoms with Crippen LogP contribution in [0.5, 0.6) is 0 Å². The van der Waals surface area contributed by atoms with Gasteiger partial charge in [0.25, 0.3) is 0 Å². The van der Waals surface area contributed by atoms with Crippen molar-refractivity contribution in [2.75, 3.05) is 29.7 Å². The zero-order valence-electron chi connectivity index (χ0n) is 25.3. The minimum absolute atomic E-state index is 0.00920. The molecule has 5 rings (SSSR count). The number of esters is 1. The molecular formula is C35H49Cl2NO3. The number of hydrogen-bond acceptors (Lipinski definition) is 4. The Morgan fingerprint density at radius 1 is 0.976 bits per heavy atom. The lowest BCUT2D eigenvalue weighted by atomic mass is 9.47. The van der Waals surface area contributed by atoms with E-state index in [9.17, 15) is 9.59 Å². The number of carbonyl (C=O) groups is 2. The number of hydrogen-bond donors (Lipinski definition) is 0. The molecule has 0 saturated heterocycles. The molecule has 0 N–H and O–H groups in total. The molecule has 226 valence electrons. The fraction of sp³-hybridized carbons (Fsp3) is 0.714. The second-order valence-corrected chi connectivity index (χ2v) is 14.5. The molecule has 41 heavy (non-hydrogen) atoms. The third-order valence-corrected chi connectivity index (χ3v) is 12.0. The lowest BCUT2D eigenvalue weighted by Crippen LogP contribution is -2.51. The van der Waals surface area contributed by atoms with Gasteiger partial charge in [0, 0.05) is 49.3 Å². The first kappa shape index (κ1) is 30.9. The van der Waals surface area contributed by atoms with Gasteiger partial charge in [-0.15, -0.1) is 23.2 Å². The van der Waals surface area contributed by atoms with Crippen LogP contribution in [0.4, 0.5) is 5.69 Å². The number of alkyl halides is 2. The van der Waals surface area contributed by atoms with Crippen molar-refractivity contribution in [2.24, 2.45) is 34.5 Å². The van der Waals surface area contributed by atoms with Gasteiger partial charge in [-0.3, -0.25) is 9.59 Å². The summed E-state index contributed by atoms with van der Waals surface area (Å²) in [5.41, 5.74) is 4.31. The molecule has 7 atom stereocenters. The molecule has 0 radical (unpaired) electrons. The highest BCUT2D eigenvalue weighted by molar-refractivity contribution is 6.18. The van der Waals surface area contributed by atoms with Crippen LogP contribution in [0.25, 0.3) is 0 Å². The fourth-order valence-corrected chi connectivity index (χ4v) is 9.93. The minimum Gasteiger partial charge on any atom is -0.462 e. The van der Waals surface area contributed by atoms with Crippen LogP contribution in [0.1, 0.15) is 90.5 Å². The van der Waals surface area contributed by atoms with Crippen LogP contribution >= 0.6 is 23.2 Å². The van der Waals surface area contributed by atoms with Crippen LogP contribution in [0.3, 0.4) is 0 Å². The monoisotopic (exact) mass is 601 g/mol. The summed E-state index contributed by atoms with van der Waals surface area (Å²) in [6.45, 7) is 8.27. The summed E-state index contributed by atoms with van der Waals surface area (Å²) < 4.78 is 6.04. The quantitative estimate of drug-likeness (QED) is 0.145. The molecule has 0 bridgehead atoms. The van der Waals surface area contributed by atoms with E-state index < -0.39 is 0 Å². The van der Waals surface area contributed by atoms with Gasteiger partial charge in [0.05, 0.1) is 0 Å². The third-order valence-electron chi connectivity index (χ3n) is 11.7. The molecule has 4 aliphatic carbocycles. The zero-order valence-corrected chi connectivity index (χ0v) is 26.8. The van der Waals surface area contributed by atoms with Crippen molar-refractivity contribution in [1.29, 1.82) is 0 Å². The molecule has 0 amide bonds. The van der Waals surface area contributed by atoms with Gasteiger partial charge in [-0.05, 0) is 111 Å². The summed E-state index contributed by atoms with van der Waals surface area (Å²) in [5.74, 6) is 3.81. The van der Waals surface area contributed by atoms with E-state index in [1.807, 2.05) is 6.92 Å². The van der Waals surface area contributed by atoms with E-state index in [1.54, 1.807) is 0 Å². The molecule has 3 fully saturated rings. The SMILES string of the molecule is CC(=O)[C@H]1CC[C@H]2[C@@H]3CC=C4C[C@@H](OC(=O)CCCc5ccc(N(CCCl)CCCl)cc5)CC[C@]4(C)[C@H]3CC[C@]12C. The van der Waals surface area contributed by atoms with E-state index in [0.717, 1.165) is 63.7 Å². The van der Waals surface area contributed by atoms with Crippen LogP contribution in [0, 0.1) is 34.5 Å². The van der Waals surface area contributed by atoms with Gasteiger partial charge in [-0.25, -0.2) is 0 Å². The first-order chi connectivity index (χ1) is 19.7. The van der Waals surface area contributed by atoms with Crippen LogP contribution < -0.4 is 4.90 Å². The number of allylic oxidation sites excluding steroid dienone is 1. The number of aryl methyl sites for hydroxylation is 1. The topological polar surface area (TPSA) is 46.6 Å². The summed E-state index contributed by atoms with van der Waals surface area (Å²) in [6.07, 6.45) is 13.5. The first-order valence-electron chi connectivity index (χ1n) is 16.0. The standard InChI is InChI=1S/C35H49Cl2NO3/c1-24(39)30-13-14-31-29-12-9-26-23-28(15-17-34(26,2)32(29)16-18-35(30,31)3)41-33(40)6-4-5-25-7-10-27(11-8-25)38(21-19-36)22-20-37/h7-11,28-32H,4-6,12-23H2,1-3H3/t28-,29-,30+,31-,32-,34-,35+/m0/s1. The molecule has 1 aromatic carbocycles. The number of Topliss-reactive ketones (excluding diaryl/α,β-unsaturated/α-hetero) is 1. The number of ether oxygens (including phenoxy) is 1. The van der Waals surface area contributed by atoms with Crippen molar-refractivity contribution in [3.63, 3.8) is 0 Å². The van der Waals surface area contributed by atoms with Gasteiger partial charge in [0.15, 0.2) is 0 Å². The second kappa shape index (κ2) is 13.0. The maximum absolute atomic E-state index is 12.8. The Bertz CT molecular complexity index is 1110. The highest BCUT2D eigenvalue weighted by Crippen LogP contribution is 2.66. The number of rotatable bonds is 11. The van der Waals surface area contributed by atoms with Crippen LogP contribution in [0.15, 0.2) is 35.9 Å². The molecule has 1 aromatic rings. The number of ketones is 1. The predicted octanol–water partition coefficient (Wildman–Crippen LogP) is 8.37. The Balaban J connectivity index is 1.11. The summed E-state index contributed by atoms with van der Waals surface area (Å²) in [7, 11) is 0. The molecule has 0 spiro atoms. The van der Waals surface area contributed by atoms with Crippen molar-refractivity contribution >= 4 is 40.6 Å². The Hall–Kier alpha value is -1.52. The van der Waals surface area contributed by atoms with Gasteiger partial charge in [-0.2, -0.15) is 0 Å². The molecule has 0 aromatic heterocycles. The summed E-state index contributed by atoms with van der Waals surface area (Å²) >= 11 is 11.9. The van der Waals surface area contributed by atoms with Crippen molar-refractivity contribution in [3.8, 4) is 0 Å². The Kier molecular flexibility index (Phi) is 9.81. The average Bonchev–Trinajstić information content (AvgIpc) is 3.31. The van der Waals surface area contributed by atoms with Gasteiger partial charge in [0.1, 0.15) is 11.9 Å². The van der Waals surface area contributed by atoms with Crippen molar-refractivity contribution < 1.29 is 14.3 Å². The van der Waals surface area contributed by atoms with Gasteiger partial charge >= 0.3 is 5.97 Å². The maximum Gasteiger partial charge on any atom is 0.306 e. The number of carbonyl (C=O) groups excluding carboxylic acids is 2. The third kappa shape index (κ3) is 6.26. The van der Waals surface area contributed by atoms with Crippen molar-refractivity contribution in [2.45, 2.75) is 97.5 Å². The predicted molar refractivity (Wildman–Crippen MR) is 169 cm³/mol. The molecular weight excluding hydrogens is 553 g/mol. The summed E-state index contributed by atoms with van der Waals surface area (Å²) in [4.78, 5) is 27.4. The molecule has 3 saturated carbocycles. The molecule has 0 unspecified atom stereocenters. The number of fused-ring (bicyclic) bond motifs is 5. The Labute approximate surface area is 257 Å². The highest BCUT2D eigenvalue weighted by Gasteiger charge is 2.59. The number of nitrogens with zero attached hydrogens (tertiary/aromatic N) is 1. The second-order valence-electron chi connectivity index (χ2n) is 13.8. The zero-order chi connectivity index (χ0) is 29.2. The van der Waals surface area contributed by atoms with Gasteiger partial charge in [0.2, 0.25) is 0 Å². The summed E-state index contributed by atoms with van der Waals surface area (Å²) in [6, 6.07) is 8.52. The molecule has 4 aliphatic rings. The number of benzene rings is 1. The van der Waals surface area contributed by atoms with E-state index in [2.05, 4.69) is 49.1 Å². The smallest absolute Gasteiger partial charge is 0.306 e. The van der Waals surface area contributed by atoms with Crippen LogP contribution in [-0.4, -0.2) is 42.7 Å². The minimum atomic E-state index is -0.0606. The van der Waals surface area contributed by atoms with E-state index >= 15 is 0 Å². The highest BCUT2D eigenvalue weighted by atomic mass is 35.5. The molecule has 4 nitrogen and oxygen atoms in total. The van der Waals surface area contributed by atoms with Gasteiger partial charge < -0.3 is 9.64 Å². The fourth-order valence-electron chi connectivity index (χ4n) is 9.53. The molecule has 0 aliphatic heterocycles. The molecule has 6 heteroatoms. The summed E-state index contributed by atoms with van der Waals surface area (Å²) in [5, 5.41) is 0. The van der Waals surface area contributed by atoms with Crippen LogP contribution in [0.2, 0.25) is 0 Å². The van der Waals surface area contributed by atoms with Crippen molar-refractivity contribution in [3.05, 3.63) is 41.5 Å². The van der Waals surface area contributed by atoms with Gasteiger partial charge in [-0.1, -0.05) is 37.6 Å². The average molecular weight is 603 g/mol. The number of halogens is 2. The van der Waals surface area contributed by atoms with E-state index in [4.69, 9.17) is 27.9 Å². The lowest BCUT2D eigenvalue weighted by Gasteiger charge is -2.58. The van der Waals surface area contributed by atoms with Crippen LogP contribution in [-0.2, 0) is 20.7 Å². The lowest BCUT2D eigenvalue weighted by molar-refractivity contribution is -0.151. The number of anilines is 1. The van der Waals surface area contributed by atoms with E-state index in [1.165, 1.54) is 30.4 Å². The van der Waals surface area contributed by atoms with E-state index in [0.29, 0.717) is 41.7 Å². The van der Waals surface area contributed by atoms with Crippen molar-refractivity contribution in [1.82, 2.24) is 0 Å². The first-order valence-corrected chi connectivity index (χ1v) is 17.1. The largest absolute Gasteiger partial charge is 0.462 e. The van der Waals surface area contributed by atoms with E-state index in [-0.39, 0.29) is 28.8 Å². The maximum atomic E-state index is 12.8. The Morgan fingerprint density at radius 2 is 1.71 bits per heavy atom.